The lowest BCUT2D eigenvalue weighted by molar-refractivity contribution is -0.148. The van der Waals surface area contributed by atoms with E-state index in [2.05, 4.69) is 25.4 Å². The number of benzene rings is 2. The number of carbonyl (C=O) groups excluding carboxylic acids is 1. The maximum atomic E-state index is 16.4. The van der Waals surface area contributed by atoms with E-state index in [0.29, 0.717) is 5.39 Å². The van der Waals surface area contributed by atoms with Crippen molar-refractivity contribution < 1.29 is 37.4 Å². The third-order valence-corrected chi connectivity index (χ3v) is 8.95. The lowest BCUT2D eigenvalue weighted by atomic mass is 9.97. The molecule has 0 unspecified atom stereocenters. The summed E-state index contributed by atoms with van der Waals surface area (Å²) in [6.45, 7) is 6.56. The van der Waals surface area contributed by atoms with Crippen LogP contribution in [0.15, 0.2) is 48.8 Å². The number of rotatable bonds is 11. The first-order chi connectivity index (χ1) is 22.2. The van der Waals surface area contributed by atoms with Crippen molar-refractivity contribution >= 4 is 47.4 Å². The van der Waals surface area contributed by atoms with Gasteiger partial charge < -0.3 is 30.2 Å². The quantitative estimate of drug-likeness (QED) is 0.102. The molecule has 0 bridgehead atoms. The number of anilines is 2. The summed E-state index contributed by atoms with van der Waals surface area (Å²) in [5.41, 5.74) is 3.07. The van der Waals surface area contributed by atoms with E-state index in [1.165, 1.54) is 17.8 Å². The average molecular weight is 670 g/mol. The first-order valence-corrected chi connectivity index (χ1v) is 16.3. The van der Waals surface area contributed by atoms with Crippen LogP contribution >= 0.6 is 7.75 Å². The van der Waals surface area contributed by atoms with E-state index in [9.17, 15) is 14.5 Å². The van der Waals surface area contributed by atoms with Crippen LogP contribution in [0, 0.1) is 17.8 Å². The fourth-order valence-electron chi connectivity index (χ4n) is 4.96. The van der Waals surface area contributed by atoms with E-state index in [-0.39, 0.29) is 40.7 Å². The van der Waals surface area contributed by atoms with Gasteiger partial charge in [-0.3, -0.25) is 13.9 Å². The number of nitrogens with zero attached hydrogens (tertiary/aromatic N) is 4. The average Bonchev–Trinajstić information content (AvgIpc) is 3.56. The van der Waals surface area contributed by atoms with Crippen molar-refractivity contribution in [3.63, 3.8) is 0 Å². The molecule has 0 spiro atoms. The number of terminal acetylenes is 1. The van der Waals surface area contributed by atoms with Gasteiger partial charge in [-0.25, -0.2) is 13.9 Å². The van der Waals surface area contributed by atoms with Gasteiger partial charge in [0.05, 0.1) is 19.5 Å². The van der Waals surface area contributed by atoms with E-state index in [0.717, 1.165) is 5.39 Å². The molecule has 3 heterocycles. The first kappa shape index (κ1) is 34.0. The zero-order valence-electron chi connectivity index (χ0n) is 26.5. The Kier molecular flexibility index (Phi) is 9.45. The number of hydrogen-bond acceptors (Lipinski definition) is 12. The summed E-state index contributed by atoms with van der Waals surface area (Å²) < 4.78 is 54.9. The summed E-state index contributed by atoms with van der Waals surface area (Å²) in [6.07, 6.45) is 1.76. The van der Waals surface area contributed by atoms with Gasteiger partial charge in [0.25, 0.3) is 0 Å². The molecule has 14 nitrogen and oxygen atoms in total. The van der Waals surface area contributed by atoms with Crippen molar-refractivity contribution in [3.05, 3.63) is 48.8 Å². The summed E-state index contributed by atoms with van der Waals surface area (Å²) in [5, 5.41) is 18.0. The molecule has 16 heteroatoms. The second kappa shape index (κ2) is 13.1. The van der Waals surface area contributed by atoms with E-state index in [1.54, 1.807) is 31.3 Å². The van der Waals surface area contributed by atoms with Crippen LogP contribution in [-0.4, -0.2) is 74.8 Å². The van der Waals surface area contributed by atoms with Gasteiger partial charge in [-0.05, 0) is 23.8 Å². The molecule has 2 aromatic heterocycles. The van der Waals surface area contributed by atoms with Crippen molar-refractivity contribution in [2.75, 3.05) is 31.3 Å². The van der Waals surface area contributed by atoms with Gasteiger partial charge in [0.15, 0.2) is 23.2 Å². The Labute approximate surface area is 270 Å². The molecule has 5 N–H and O–H groups in total. The van der Waals surface area contributed by atoms with E-state index in [4.69, 9.17) is 30.7 Å². The molecule has 4 aromatic rings. The van der Waals surface area contributed by atoms with Crippen molar-refractivity contribution in [2.24, 2.45) is 5.41 Å². The molecule has 0 aliphatic carbocycles. The van der Waals surface area contributed by atoms with Gasteiger partial charge in [0, 0.05) is 12.4 Å². The summed E-state index contributed by atoms with van der Waals surface area (Å²) in [5.74, 6) is 1.62. The second-order valence-corrected chi connectivity index (χ2v) is 14.0. The second-order valence-electron chi connectivity index (χ2n) is 12.3. The smallest absolute Gasteiger partial charge is 0.459 e. The molecule has 1 fully saturated rings. The normalized spacial score (nSPS) is 23.2. The van der Waals surface area contributed by atoms with Gasteiger partial charge in [-0.15, -0.1) is 6.42 Å². The molecule has 47 heavy (non-hydrogen) atoms. The predicted octanol–water partition coefficient (Wildman–Crippen LogP) is 3.97. The van der Waals surface area contributed by atoms with Gasteiger partial charge >= 0.3 is 13.7 Å². The number of nitrogens with one attached hydrogen (secondary N) is 2. The zero-order valence-corrected chi connectivity index (χ0v) is 27.4. The largest absolute Gasteiger partial charge is 0.464 e. The minimum Gasteiger partial charge on any atom is -0.464 e. The molecular weight excluding hydrogens is 632 g/mol. The lowest BCUT2D eigenvalue weighted by Crippen LogP contribution is -2.42. The summed E-state index contributed by atoms with van der Waals surface area (Å²) in [6, 6.07) is 11.2. The number of halogens is 1. The molecule has 2 aromatic carbocycles. The van der Waals surface area contributed by atoms with Crippen LogP contribution in [0.2, 0.25) is 0 Å². The standard InChI is InChI=1S/C31H37FN7O7P/c1-7-31(32)24(40)22(45-28(31)39-17-35-23-25(34-6)36-29(33)37-26(23)39)15-44-47(42,38-18(2)27(41)43-16-30(3,4)5)46-21-14-10-12-19-11-8-9-13-20(19)21/h1,8-14,17-18,22,24,28,40H,15-16H2,2-6H3,(H,38,42)(H3,33,34,36,37)/t18-,22-,24-,28-,31-,47+/m1/s1. The number of imidazole rings is 1. The highest BCUT2D eigenvalue weighted by molar-refractivity contribution is 7.52. The van der Waals surface area contributed by atoms with Crippen LogP contribution in [0.5, 0.6) is 5.75 Å². The minimum atomic E-state index is -4.47. The number of nitrogens with two attached hydrogens (primary N) is 1. The number of aliphatic hydroxyl groups excluding tert-OH is 1. The molecule has 6 atom stereocenters. The number of alkyl halides is 1. The van der Waals surface area contributed by atoms with E-state index in [1.807, 2.05) is 44.9 Å². The number of carbonyl (C=O) groups is 1. The van der Waals surface area contributed by atoms with Crippen LogP contribution in [0.4, 0.5) is 16.2 Å². The van der Waals surface area contributed by atoms with E-state index < -0.39 is 50.5 Å². The fourth-order valence-corrected chi connectivity index (χ4v) is 6.48. The molecule has 0 radical (unpaired) electrons. The highest BCUT2D eigenvalue weighted by Gasteiger charge is 2.58. The van der Waals surface area contributed by atoms with Crippen molar-refractivity contribution in [2.45, 2.75) is 57.8 Å². The SMILES string of the molecule is C#C[C@@]1(F)[C@H](O)[C@@H](CO[P@@](=O)(N[C@H](C)C(=O)OCC(C)(C)C)Oc2cccc3ccccc23)O[C@H]1n1cnc2c(NC)nc(N)nc21. The highest BCUT2D eigenvalue weighted by Crippen LogP contribution is 2.49. The Balaban J connectivity index is 1.43. The van der Waals surface area contributed by atoms with Crippen LogP contribution in [0.25, 0.3) is 21.9 Å². The van der Waals surface area contributed by atoms with Crippen LogP contribution in [-0.2, 0) is 23.4 Å². The summed E-state index contributed by atoms with van der Waals surface area (Å²) in [7, 11) is -2.87. The molecule has 250 valence electrons. The van der Waals surface area contributed by atoms with Crippen molar-refractivity contribution in [1.82, 2.24) is 24.6 Å². The molecule has 5 rings (SSSR count). The van der Waals surface area contributed by atoms with Gasteiger partial charge in [-0.2, -0.15) is 15.1 Å². The Bertz CT molecular complexity index is 1870. The molecule has 1 aliphatic heterocycles. The number of nitrogen functional groups attached to an aromatic ring is 1. The number of fused-ring (bicyclic) bond motifs is 2. The predicted molar refractivity (Wildman–Crippen MR) is 173 cm³/mol. The summed E-state index contributed by atoms with van der Waals surface area (Å²) in [4.78, 5) is 25.3. The third-order valence-electron chi connectivity index (χ3n) is 7.32. The Hall–Kier alpha value is -4.32. The molecular formula is C31H37FN7O7P. The molecule has 1 saturated heterocycles. The molecule has 0 saturated carbocycles. The maximum Gasteiger partial charge on any atom is 0.459 e. The van der Waals surface area contributed by atoms with E-state index >= 15 is 4.39 Å². The Morgan fingerprint density at radius 2 is 2.00 bits per heavy atom. The van der Waals surface area contributed by atoms with Crippen molar-refractivity contribution in [1.29, 1.82) is 0 Å². The molecule has 1 aliphatic rings. The van der Waals surface area contributed by atoms with Crippen molar-refractivity contribution in [3.8, 4) is 18.1 Å². The molecule has 0 amide bonds. The van der Waals surface area contributed by atoms with Crippen LogP contribution < -0.4 is 20.7 Å². The fraction of sp³-hybridized carbons (Fsp3) is 0.419. The van der Waals surface area contributed by atoms with Gasteiger partial charge in [0.1, 0.15) is 24.0 Å². The topological polar surface area (TPSA) is 185 Å². The number of hydrogen-bond donors (Lipinski definition) is 4. The summed E-state index contributed by atoms with van der Waals surface area (Å²) >= 11 is 0. The number of aliphatic hydroxyl groups is 1. The van der Waals surface area contributed by atoms with Crippen LogP contribution in [0.1, 0.15) is 33.9 Å². The van der Waals surface area contributed by atoms with Crippen LogP contribution in [0.3, 0.4) is 0 Å². The number of aromatic nitrogens is 4. The Morgan fingerprint density at radius 1 is 1.28 bits per heavy atom. The minimum absolute atomic E-state index is 0.0899. The monoisotopic (exact) mass is 669 g/mol. The Morgan fingerprint density at radius 3 is 2.70 bits per heavy atom. The first-order valence-electron chi connectivity index (χ1n) is 14.7. The van der Waals surface area contributed by atoms with Gasteiger partial charge in [-0.1, -0.05) is 63.1 Å². The maximum absolute atomic E-state index is 16.4. The third kappa shape index (κ3) is 7.02. The number of esters is 1. The zero-order chi connectivity index (χ0) is 34.1. The van der Waals surface area contributed by atoms with Gasteiger partial charge in [0.2, 0.25) is 11.6 Å². The lowest BCUT2D eigenvalue weighted by Gasteiger charge is -2.26. The number of ether oxygens (including phenoxy) is 2. The highest BCUT2D eigenvalue weighted by atomic mass is 31.2.